The van der Waals surface area contributed by atoms with Crippen LogP contribution >= 0.6 is 0 Å². The summed E-state index contributed by atoms with van der Waals surface area (Å²) in [6.45, 7) is 0.977. The number of hydrogen-bond donors (Lipinski definition) is 1. The third-order valence-corrected chi connectivity index (χ3v) is 4.05. The molecule has 1 aliphatic heterocycles. The summed E-state index contributed by atoms with van der Waals surface area (Å²) >= 11 is 0. The minimum absolute atomic E-state index is 0.00797. The normalized spacial score (nSPS) is 27.7. The van der Waals surface area contributed by atoms with Crippen molar-refractivity contribution in [3.05, 3.63) is 0 Å². The number of hydrogen-bond acceptors (Lipinski definition) is 6. The third kappa shape index (κ3) is 3.04. The standard InChI is InChI=1S/C14H22O7/c1-18-12(17)13(19-8-4-5-11(15)16)6-2-3-7-14(13)20-9-10-21-14/h2-10H2,1H3,(H,15,16). The van der Waals surface area contributed by atoms with Crippen LogP contribution in [0.2, 0.25) is 0 Å². The first-order valence-corrected chi connectivity index (χ1v) is 7.28. The summed E-state index contributed by atoms with van der Waals surface area (Å²) in [6, 6.07) is 0. The van der Waals surface area contributed by atoms with Crippen LogP contribution in [0, 0.1) is 0 Å². The molecule has 1 saturated heterocycles. The largest absolute Gasteiger partial charge is 0.481 e. The quantitative estimate of drug-likeness (QED) is 0.580. The second-order valence-corrected chi connectivity index (χ2v) is 5.32. The van der Waals surface area contributed by atoms with E-state index in [0.717, 1.165) is 12.8 Å². The molecule has 2 fully saturated rings. The Morgan fingerprint density at radius 3 is 2.48 bits per heavy atom. The summed E-state index contributed by atoms with van der Waals surface area (Å²) in [5.41, 5.74) is -1.30. The van der Waals surface area contributed by atoms with Gasteiger partial charge in [-0.1, -0.05) is 0 Å². The van der Waals surface area contributed by atoms with E-state index in [2.05, 4.69) is 0 Å². The molecule has 7 nitrogen and oxygen atoms in total. The second-order valence-electron chi connectivity index (χ2n) is 5.32. The number of rotatable bonds is 6. The molecule has 0 radical (unpaired) electrons. The van der Waals surface area contributed by atoms with Crippen molar-refractivity contribution < 1.29 is 33.6 Å². The molecule has 1 heterocycles. The monoisotopic (exact) mass is 302 g/mol. The first-order valence-electron chi connectivity index (χ1n) is 7.28. The van der Waals surface area contributed by atoms with Crippen molar-refractivity contribution >= 4 is 11.9 Å². The first-order chi connectivity index (χ1) is 10.1. The number of aliphatic carboxylic acids is 1. The van der Waals surface area contributed by atoms with Gasteiger partial charge in [0, 0.05) is 19.4 Å². The van der Waals surface area contributed by atoms with Crippen LogP contribution in [0.5, 0.6) is 0 Å². The molecule has 21 heavy (non-hydrogen) atoms. The molecular weight excluding hydrogens is 280 g/mol. The molecule has 0 amide bonds. The maximum absolute atomic E-state index is 12.4. The van der Waals surface area contributed by atoms with Gasteiger partial charge in [0.1, 0.15) is 0 Å². The van der Waals surface area contributed by atoms with Crippen molar-refractivity contribution in [1.29, 1.82) is 0 Å². The zero-order chi connectivity index (χ0) is 15.3. The highest BCUT2D eigenvalue weighted by molar-refractivity contribution is 5.81. The number of carboxylic acid groups (broad SMARTS) is 1. The number of ether oxygens (including phenoxy) is 4. The SMILES string of the molecule is COC(=O)C1(OCCCC(=O)O)CCCCC12OCCO2. The lowest BCUT2D eigenvalue weighted by atomic mass is 9.78. The average Bonchev–Trinajstić information content (AvgIpc) is 2.94. The molecule has 0 aromatic heterocycles. The van der Waals surface area contributed by atoms with Gasteiger partial charge in [-0.2, -0.15) is 0 Å². The maximum atomic E-state index is 12.4. The molecule has 0 aromatic carbocycles. The predicted octanol–water partition coefficient (Wildman–Crippen LogP) is 1.10. The lowest BCUT2D eigenvalue weighted by molar-refractivity contribution is -0.297. The zero-order valence-corrected chi connectivity index (χ0v) is 12.3. The molecule has 120 valence electrons. The van der Waals surface area contributed by atoms with Crippen molar-refractivity contribution in [3.63, 3.8) is 0 Å². The summed E-state index contributed by atoms with van der Waals surface area (Å²) in [5, 5.41) is 8.68. The molecule has 1 saturated carbocycles. The Kier molecular flexibility index (Phi) is 5.18. The van der Waals surface area contributed by atoms with Gasteiger partial charge in [-0.15, -0.1) is 0 Å². The molecule has 7 heteroatoms. The molecule has 1 aliphatic carbocycles. The van der Waals surface area contributed by atoms with Crippen LogP contribution in [0.15, 0.2) is 0 Å². The van der Waals surface area contributed by atoms with Crippen LogP contribution in [0.25, 0.3) is 0 Å². The molecule has 2 aliphatic rings. The van der Waals surface area contributed by atoms with Crippen LogP contribution in [-0.4, -0.2) is 55.4 Å². The lowest BCUT2D eigenvalue weighted by Gasteiger charge is -2.46. The van der Waals surface area contributed by atoms with Gasteiger partial charge in [-0.25, -0.2) is 4.79 Å². The average molecular weight is 302 g/mol. The number of esters is 1. The molecule has 1 spiro atoms. The Morgan fingerprint density at radius 2 is 1.86 bits per heavy atom. The Labute approximate surface area is 123 Å². The molecule has 0 aromatic rings. The number of carbonyl (C=O) groups excluding carboxylic acids is 1. The Morgan fingerprint density at radius 1 is 1.19 bits per heavy atom. The van der Waals surface area contributed by atoms with Gasteiger partial charge in [-0.05, 0) is 25.7 Å². The Bertz CT molecular complexity index is 389. The van der Waals surface area contributed by atoms with Gasteiger partial charge in [0.05, 0.1) is 20.3 Å². The fraction of sp³-hybridized carbons (Fsp3) is 0.857. The minimum Gasteiger partial charge on any atom is -0.481 e. The number of carboxylic acids is 1. The van der Waals surface area contributed by atoms with Crippen LogP contribution in [-0.2, 0) is 28.5 Å². The molecule has 1 N–H and O–H groups in total. The molecule has 1 unspecified atom stereocenters. The topological polar surface area (TPSA) is 91.3 Å². The zero-order valence-electron chi connectivity index (χ0n) is 12.3. The number of carbonyl (C=O) groups is 2. The van der Waals surface area contributed by atoms with E-state index in [4.69, 9.17) is 24.1 Å². The third-order valence-electron chi connectivity index (χ3n) is 4.05. The van der Waals surface area contributed by atoms with Crippen LogP contribution in [0.4, 0.5) is 0 Å². The van der Waals surface area contributed by atoms with E-state index in [9.17, 15) is 9.59 Å². The first kappa shape index (κ1) is 16.2. The molecule has 1 atom stereocenters. The molecule has 2 rings (SSSR count). The van der Waals surface area contributed by atoms with E-state index in [1.165, 1.54) is 7.11 Å². The van der Waals surface area contributed by atoms with Crippen molar-refractivity contribution in [1.82, 2.24) is 0 Å². The molecule has 0 bridgehead atoms. The van der Waals surface area contributed by atoms with E-state index in [1.807, 2.05) is 0 Å². The number of methoxy groups -OCH3 is 1. The van der Waals surface area contributed by atoms with Crippen molar-refractivity contribution in [3.8, 4) is 0 Å². The van der Waals surface area contributed by atoms with E-state index >= 15 is 0 Å². The van der Waals surface area contributed by atoms with E-state index in [0.29, 0.717) is 32.5 Å². The minimum atomic E-state index is -1.30. The van der Waals surface area contributed by atoms with Gasteiger partial charge in [0.2, 0.25) is 11.4 Å². The van der Waals surface area contributed by atoms with Crippen molar-refractivity contribution in [2.24, 2.45) is 0 Å². The summed E-state index contributed by atoms with van der Waals surface area (Å²) < 4.78 is 22.2. The van der Waals surface area contributed by atoms with Crippen LogP contribution < -0.4 is 0 Å². The smallest absolute Gasteiger partial charge is 0.343 e. The highest BCUT2D eigenvalue weighted by Crippen LogP contribution is 2.46. The predicted molar refractivity (Wildman–Crippen MR) is 70.7 cm³/mol. The van der Waals surface area contributed by atoms with E-state index in [-0.39, 0.29) is 13.0 Å². The summed E-state index contributed by atoms with van der Waals surface area (Å²) in [4.78, 5) is 22.9. The Hall–Kier alpha value is -1.18. The summed E-state index contributed by atoms with van der Waals surface area (Å²) in [6.07, 6.45) is 3.03. The van der Waals surface area contributed by atoms with Gasteiger partial charge in [0.25, 0.3) is 0 Å². The van der Waals surface area contributed by atoms with E-state index < -0.39 is 23.3 Å². The van der Waals surface area contributed by atoms with Crippen LogP contribution in [0.1, 0.15) is 38.5 Å². The lowest BCUT2D eigenvalue weighted by Crippen LogP contribution is -2.64. The van der Waals surface area contributed by atoms with Gasteiger partial charge in [0.15, 0.2) is 0 Å². The Balaban J connectivity index is 2.14. The van der Waals surface area contributed by atoms with Gasteiger partial charge in [-0.3, -0.25) is 4.79 Å². The van der Waals surface area contributed by atoms with Crippen molar-refractivity contribution in [2.75, 3.05) is 26.9 Å². The van der Waals surface area contributed by atoms with Crippen molar-refractivity contribution in [2.45, 2.75) is 49.9 Å². The fourth-order valence-electron chi connectivity index (χ4n) is 3.09. The molecular formula is C14H22O7. The van der Waals surface area contributed by atoms with Crippen LogP contribution in [0.3, 0.4) is 0 Å². The highest BCUT2D eigenvalue weighted by atomic mass is 16.8. The maximum Gasteiger partial charge on any atom is 0.343 e. The van der Waals surface area contributed by atoms with Gasteiger partial charge >= 0.3 is 11.9 Å². The highest BCUT2D eigenvalue weighted by Gasteiger charge is 2.63. The van der Waals surface area contributed by atoms with Gasteiger partial charge < -0.3 is 24.1 Å². The summed E-state index contributed by atoms with van der Waals surface area (Å²) in [5.74, 6) is -2.50. The fourth-order valence-corrected chi connectivity index (χ4v) is 3.09. The summed E-state index contributed by atoms with van der Waals surface area (Å²) in [7, 11) is 1.31. The van der Waals surface area contributed by atoms with E-state index in [1.54, 1.807) is 0 Å². The second kappa shape index (κ2) is 6.72.